The highest BCUT2D eigenvalue weighted by molar-refractivity contribution is 5.51. The Morgan fingerprint density at radius 1 is 1.31 bits per heavy atom. The van der Waals surface area contributed by atoms with E-state index < -0.39 is 5.82 Å². The standard InChI is InChI=1S/C12H18FNO2/c1-7(14)5-9-6-10(13)12(16-4)11(15-3)8(9)2/h6-7H,5,14H2,1-4H3. The molecule has 0 saturated heterocycles. The first-order valence-electron chi connectivity index (χ1n) is 5.16. The number of ether oxygens (including phenoxy) is 2. The maximum atomic E-state index is 13.7. The monoisotopic (exact) mass is 227 g/mol. The molecule has 1 unspecified atom stereocenters. The molecule has 0 aliphatic carbocycles. The molecule has 4 heteroatoms. The lowest BCUT2D eigenvalue weighted by atomic mass is 10.0. The summed E-state index contributed by atoms with van der Waals surface area (Å²) in [6.07, 6.45) is 0.614. The largest absolute Gasteiger partial charge is 0.492 e. The quantitative estimate of drug-likeness (QED) is 0.856. The summed E-state index contributed by atoms with van der Waals surface area (Å²) in [5, 5.41) is 0. The van der Waals surface area contributed by atoms with E-state index in [1.165, 1.54) is 20.3 Å². The van der Waals surface area contributed by atoms with Crippen LogP contribution in [0.25, 0.3) is 0 Å². The molecule has 1 aromatic carbocycles. The molecule has 0 aromatic heterocycles. The van der Waals surface area contributed by atoms with E-state index in [0.29, 0.717) is 12.2 Å². The molecule has 0 radical (unpaired) electrons. The van der Waals surface area contributed by atoms with Crippen LogP contribution < -0.4 is 15.2 Å². The molecule has 90 valence electrons. The van der Waals surface area contributed by atoms with Crippen molar-refractivity contribution in [1.82, 2.24) is 0 Å². The number of rotatable bonds is 4. The van der Waals surface area contributed by atoms with Crippen molar-refractivity contribution in [3.8, 4) is 11.5 Å². The number of hydrogen-bond donors (Lipinski definition) is 1. The summed E-state index contributed by atoms with van der Waals surface area (Å²) in [7, 11) is 2.92. The summed E-state index contributed by atoms with van der Waals surface area (Å²) in [5.74, 6) is 0.173. The molecular weight excluding hydrogens is 209 g/mol. The van der Waals surface area contributed by atoms with Crippen LogP contribution in [0.1, 0.15) is 18.1 Å². The molecule has 0 heterocycles. The van der Waals surface area contributed by atoms with E-state index in [-0.39, 0.29) is 11.8 Å². The second-order valence-electron chi connectivity index (χ2n) is 3.89. The van der Waals surface area contributed by atoms with E-state index in [0.717, 1.165) is 11.1 Å². The summed E-state index contributed by atoms with van der Waals surface area (Å²) >= 11 is 0. The van der Waals surface area contributed by atoms with Gasteiger partial charge in [0.05, 0.1) is 14.2 Å². The first kappa shape index (κ1) is 12.8. The average Bonchev–Trinajstić information content (AvgIpc) is 2.21. The van der Waals surface area contributed by atoms with Crippen molar-refractivity contribution in [1.29, 1.82) is 0 Å². The maximum Gasteiger partial charge on any atom is 0.197 e. The van der Waals surface area contributed by atoms with Crippen LogP contribution in [-0.4, -0.2) is 20.3 Å². The molecule has 0 bridgehead atoms. The fourth-order valence-corrected chi connectivity index (χ4v) is 1.75. The summed E-state index contributed by atoms with van der Waals surface area (Å²) in [6, 6.07) is 1.44. The molecule has 0 saturated carbocycles. The highest BCUT2D eigenvalue weighted by Gasteiger charge is 2.17. The third-order valence-corrected chi connectivity index (χ3v) is 2.50. The summed E-state index contributed by atoms with van der Waals surface area (Å²) in [5.41, 5.74) is 7.44. The van der Waals surface area contributed by atoms with Crippen molar-refractivity contribution < 1.29 is 13.9 Å². The molecule has 0 aliphatic rings. The summed E-state index contributed by atoms with van der Waals surface area (Å²) < 4.78 is 23.8. The Labute approximate surface area is 95.4 Å². The van der Waals surface area contributed by atoms with Gasteiger partial charge in [0.25, 0.3) is 0 Å². The van der Waals surface area contributed by atoms with Crippen LogP contribution in [0.3, 0.4) is 0 Å². The van der Waals surface area contributed by atoms with E-state index in [2.05, 4.69) is 0 Å². The zero-order chi connectivity index (χ0) is 12.3. The summed E-state index contributed by atoms with van der Waals surface area (Å²) in [4.78, 5) is 0. The second kappa shape index (κ2) is 5.16. The van der Waals surface area contributed by atoms with E-state index >= 15 is 0 Å². The predicted octanol–water partition coefficient (Wildman–Crippen LogP) is 2.04. The number of methoxy groups -OCH3 is 2. The Bertz CT molecular complexity index is 378. The number of nitrogens with two attached hydrogens (primary N) is 1. The zero-order valence-electron chi connectivity index (χ0n) is 10.1. The Morgan fingerprint density at radius 3 is 2.31 bits per heavy atom. The Kier molecular flexibility index (Phi) is 4.12. The first-order valence-corrected chi connectivity index (χ1v) is 5.16. The van der Waals surface area contributed by atoms with Crippen LogP contribution >= 0.6 is 0 Å². The third-order valence-electron chi connectivity index (χ3n) is 2.50. The van der Waals surface area contributed by atoms with Crippen LogP contribution in [0.2, 0.25) is 0 Å². The fraction of sp³-hybridized carbons (Fsp3) is 0.500. The van der Waals surface area contributed by atoms with Gasteiger partial charge in [-0.05, 0) is 37.5 Å². The molecule has 1 aromatic rings. The highest BCUT2D eigenvalue weighted by Crippen LogP contribution is 2.35. The third kappa shape index (κ3) is 2.44. The van der Waals surface area contributed by atoms with Crippen molar-refractivity contribution in [3.05, 3.63) is 23.0 Å². The van der Waals surface area contributed by atoms with Gasteiger partial charge >= 0.3 is 0 Å². The van der Waals surface area contributed by atoms with E-state index in [4.69, 9.17) is 15.2 Å². The van der Waals surface area contributed by atoms with Crippen LogP contribution in [0.4, 0.5) is 4.39 Å². The van der Waals surface area contributed by atoms with Gasteiger partial charge in [0.2, 0.25) is 0 Å². The van der Waals surface area contributed by atoms with E-state index in [1.807, 2.05) is 13.8 Å². The topological polar surface area (TPSA) is 44.5 Å². The van der Waals surface area contributed by atoms with Gasteiger partial charge in [-0.2, -0.15) is 0 Å². The molecule has 0 fully saturated rings. The minimum atomic E-state index is -0.416. The lowest BCUT2D eigenvalue weighted by molar-refractivity contribution is 0.335. The lowest BCUT2D eigenvalue weighted by Crippen LogP contribution is -2.18. The molecule has 1 atom stereocenters. The van der Waals surface area contributed by atoms with Crippen molar-refractivity contribution in [3.63, 3.8) is 0 Å². The average molecular weight is 227 g/mol. The van der Waals surface area contributed by atoms with Gasteiger partial charge in [0.15, 0.2) is 17.3 Å². The van der Waals surface area contributed by atoms with E-state index in [9.17, 15) is 4.39 Å². The number of hydrogen-bond acceptors (Lipinski definition) is 3. The molecule has 0 amide bonds. The van der Waals surface area contributed by atoms with Gasteiger partial charge in [0, 0.05) is 6.04 Å². The minimum absolute atomic E-state index is 0.0174. The SMILES string of the molecule is COc1c(F)cc(CC(C)N)c(C)c1OC. The smallest absolute Gasteiger partial charge is 0.197 e. The molecule has 3 nitrogen and oxygen atoms in total. The Balaban J connectivity index is 3.28. The van der Waals surface area contributed by atoms with Crippen LogP contribution in [0, 0.1) is 12.7 Å². The van der Waals surface area contributed by atoms with Gasteiger partial charge < -0.3 is 15.2 Å². The second-order valence-corrected chi connectivity index (χ2v) is 3.89. The van der Waals surface area contributed by atoms with Gasteiger partial charge in [-0.1, -0.05) is 0 Å². The Morgan fingerprint density at radius 2 is 1.88 bits per heavy atom. The predicted molar refractivity (Wildman–Crippen MR) is 61.6 cm³/mol. The fourth-order valence-electron chi connectivity index (χ4n) is 1.75. The van der Waals surface area contributed by atoms with Crippen LogP contribution in [-0.2, 0) is 6.42 Å². The number of halogens is 1. The van der Waals surface area contributed by atoms with Crippen molar-refractivity contribution in [2.45, 2.75) is 26.3 Å². The molecule has 0 spiro atoms. The normalized spacial score (nSPS) is 12.4. The van der Waals surface area contributed by atoms with Gasteiger partial charge in [-0.15, -0.1) is 0 Å². The van der Waals surface area contributed by atoms with Crippen molar-refractivity contribution >= 4 is 0 Å². The first-order chi connectivity index (χ1) is 7.51. The van der Waals surface area contributed by atoms with Crippen molar-refractivity contribution in [2.75, 3.05) is 14.2 Å². The lowest BCUT2D eigenvalue weighted by Gasteiger charge is -2.16. The Hall–Kier alpha value is -1.29. The van der Waals surface area contributed by atoms with Gasteiger partial charge in [-0.3, -0.25) is 0 Å². The highest BCUT2D eigenvalue weighted by atomic mass is 19.1. The maximum absolute atomic E-state index is 13.7. The molecule has 16 heavy (non-hydrogen) atoms. The van der Waals surface area contributed by atoms with Crippen molar-refractivity contribution in [2.24, 2.45) is 5.73 Å². The van der Waals surface area contributed by atoms with Crippen LogP contribution in [0.5, 0.6) is 11.5 Å². The molecular formula is C12H18FNO2. The summed E-state index contributed by atoms with van der Waals surface area (Å²) in [6.45, 7) is 3.76. The van der Waals surface area contributed by atoms with Crippen LogP contribution in [0.15, 0.2) is 6.07 Å². The molecule has 0 aliphatic heterocycles. The van der Waals surface area contributed by atoms with E-state index in [1.54, 1.807) is 0 Å². The van der Waals surface area contributed by atoms with Gasteiger partial charge in [-0.25, -0.2) is 4.39 Å². The number of benzene rings is 1. The molecule has 2 N–H and O–H groups in total. The van der Waals surface area contributed by atoms with Gasteiger partial charge in [0.1, 0.15) is 0 Å². The zero-order valence-corrected chi connectivity index (χ0v) is 10.1. The minimum Gasteiger partial charge on any atom is -0.492 e. The molecule has 1 rings (SSSR count).